The van der Waals surface area contributed by atoms with Crippen molar-refractivity contribution in [1.29, 1.82) is 0 Å². The molecular formula is C14H30N2O. The van der Waals surface area contributed by atoms with E-state index in [4.69, 9.17) is 5.73 Å². The molecule has 0 bridgehead atoms. The summed E-state index contributed by atoms with van der Waals surface area (Å²) in [5.41, 5.74) is 5.57. The maximum atomic E-state index is 11.9. The Morgan fingerprint density at radius 1 is 1.06 bits per heavy atom. The zero-order valence-electron chi connectivity index (χ0n) is 11.9. The number of hydrogen-bond acceptors (Lipinski definition) is 2. The molecule has 0 aliphatic heterocycles. The van der Waals surface area contributed by atoms with Gasteiger partial charge in [0, 0.05) is 20.0 Å². The lowest BCUT2D eigenvalue weighted by Crippen LogP contribution is -2.31. The minimum Gasteiger partial charge on any atom is -0.349 e. The molecule has 2 N–H and O–H groups in total. The summed E-state index contributed by atoms with van der Waals surface area (Å²) in [6, 6.07) is 0. The third-order valence-electron chi connectivity index (χ3n) is 3.21. The highest BCUT2D eigenvalue weighted by Crippen LogP contribution is 2.16. The summed E-state index contributed by atoms with van der Waals surface area (Å²) < 4.78 is 0. The van der Waals surface area contributed by atoms with Gasteiger partial charge in [0.05, 0.1) is 0 Å². The molecule has 1 amide bonds. The second kappa shape index (κ2) is 10.6. The predicted octanol–water partition coefficient (Wildman–Crippen LogP) is 2.79. The van der Waals surface area contributed by atoms with Crippen LogP contribution in [0.5, 0.6) is 0 Å². The molecule has 0 fully saturated rings. The zero-order chi connectivity index (χ0) is 13.1. The Morgan fingerprint density at radius 3 is 2.18 bits per heavy atom. The van der Waals surface area contributed by atoms with Gasteiger partial charge in [0.25, 0.3) is 0 Å². The summed E-state index contributed by atoms with van der Waals surface area (Å²) in [6.07, 6.45) is 9.50. The Bertz CT molecular complexity index is 193. The van der Waals surface area contributed by atoms with Crippen LogP contribution < -0.4 is 5.73 Å². The smallest absolute Gasteiger partial charge is 0.225 e. The lowest BCUT2D eigenvalue weighted by atomic mass is 9.96. The molecule has 0 rings (SSSR count). The Hall–Kier alpha value is -0.570. The molecule has 102 valence electrons. The van der Waals surface area contributed by atoms with Crippen LogP contribution in [-0.2, 0) is 4.79 Å². The first kappa shape index (κ1) is 16.4. The van der Waals surface area contributed by atoms with Gasteiger partial charge in [0.1, 0.15) is 0 Å². The second-order valence-electron chi connectivity index (χ2n) is 5.06. The molecule has 17 heavy (non-hydrogen) atoms. The van der Waals surface area contributed by atoms with E-state index in [1.165, 1.54) is 32.1 Å². The molecule has 0 radical (unpaired) electrons. The van der Waals surface area contributed by atoms with Gasteiger partial charge in [0.2, 0.25) is 5.91 Å². The average Bonchev–Trinajstić information content (AvgIpc) is 2.31. The van der Waals surface area contributed by atoms with E-state index in [-0.39, 0.29) is 11.8 Å². The first-order valence-corrected chi connectivity index (χ1v) is 7.04. The summed E-state index contributed by atoms with van der Waals surface area (Å²) >= 11 is 0. The monoisotopic (exact) mass is 242 g/mol. The lowest BCUT2D eigenvalue weighted by Gasteiger charge is -2.19. The van der Waals surface area contributed by atoms with E-state index in [1.807, 2.05) is 14.1 Å². The molecule has 0 heterocycles. The van der Waals surface area contributed by atoms with Crippen LogP contribution in [0.15, 0.2) is 0 Å². The van der Waals surface area contributed by atoms with Crippen LogP contribution in [0.4, 0.5) is 0 Å². The van der Waals surface area contributed by atoms with Gasteiger partial charge < -0.3 is 10.6 Å². The highest BCUT2D eigenvalue weighted by Gasteiger charge is 2.18. The normalized spacial score (nSPS) is 12.5. The maximum absolute atomic E-state index is 11.9. The minimum atomic E-state index is 0.140. The number of nitrogens with two attached hydrogens (primary N) is 1. The van der Waals surface area contributed by atoms with Crippen molar-refractivity contribution in [2.75, 3.05) is 20.6 Å². The fourth-order valence-corrected chi connectivity index (χ4v) is 2.13. The molecule has 0 aliphatic rings. The topological polar surface area (TPSA) is 46.3 Å². The van der Waals surface area contributed by atoms with Crippen LogP contribution in [0.1, 0.15) is 58.3 Å². The summed E-state index contributed by atoms with van der Waals surface area (Å²) in [7, 11) is 3.65. The predicted molar refractivity (Wildman–Crippen MR) is 73.8 cm³/mol. The lowest BCUT2D eigenvalue weighted by molar-refractivity contribution is -0.133. The van der Waals surface area contributed by atoms with Gasteiger partial charge in [-0.05, 0) is 19.4 Å². The molecule has 1 unspecified atom stereocenters. The van der Waals surface area contributed by atoms with Crippen molar-refractivity contribution in [3.63, 3.8) is 0 Å². The van der Waals surface area contributed by atoms with Gasteiger partial charge in [-0.1, -0.05) is 45.4 Å². The summed E-state index contributed by atoms with van der Waals surface area (Å²) in [5, 5.41) is 0. The van der Waals surface area contributed by atoms with Crippen LogP contribution in [0.25, 0.3) is 0 Å². The first-order chi connectivity index (χ1) is 8.13. The first-order valence-electron chi connectivity index (χ1n) is 7.04. The second-order valence-corrected chi connectivity index (χ2v) is 5.06. The van der Waals surface area contributed by atoms with Crippen LogP contribution in [-0.4, -0.2) is 31.4 Å². The third kappa shape index (κ3) is 8.19. The van der Waals surface area contributed by atoms with Gasteiger partial charge in [0.15, 0.2) is 0 Å². The Labute approximate surface area is 107 Å². The zero-order valence-corrected chi connectivity index (χ0v) is 11.9. The number of unbranched alkanes of at least 4 members (excludes halogenated alkanes) is 5. The summed E-state index contributed by atoms with van der Waals surface area (Å²) in [5.74, 6) is 0.380. The minimum absolute atomic E-state index is 0.140. The molecule has 0 saturated carbocycles. The molecule has 1 atom stereocenters. The molecule has 0 aliphatic carbocycles. The van der Waals surface area contributed by atoms with Crippen LogP contribution in [0, 0.1) is 5.92 Å². The molecule has 0 saturated heterocycles. The molecule has 0 spiro atoms. The van der Waals surface area contributed by atoms with Crippen LogP contribution in [0.2, 0.25) is 0 Å². The molecule has 3 heteroatoms. The van der Waals surface area contributed by atoms with E-state index in [9.17, 15) is 4.79 Å². The fraction of sp³-hybridized carbons (Fsp3) is 0.929. The van der Waals surface area contributed by atoms with Gasteiger partial charge >= 0.3 is 0 Å². The standard InChI is InChI=1S/C14H30N2O/c1-4-5-6-7-8-9-10-13(11-12-15)14(17)16(2)3/h13H,4-12,15H2,1-3H3. The van der Waals surface area contributed by atoms with Gasteiger partial charge in [-0.2, -0.15) is 0 Å². The van der Waals surface area contributed by atoms with E-state index < -0.39 is 0 Å². The van der Waals surface area contributed by atoms with Gasteiger partial charge in [-0.15, -0.1) is 0 Å². The largest absolute Gasteiger partial charge is 0.349 e. The fourth-order valence-electron chi connectivity index (χ4n) is 2.13. The van der Waals surface area contributed by atoms with Crippen LogP contribution >= 0.6 is 0 Å². The number of carbonyl (C=O) groups is 1. The summed E-state index contributed by atoms with van der Waals surface area (Å²) in [6.45, 7) is 2.84. The van der Waals surface area contributed by atoms with Crippen LogP contribution in [0.3, 0.4) is 0 Å². The van der Waals surface area contributed by atoms with E-state index in [0.717, 1.165) is 19.3 Å². The highest BCUT2D eigenvalue weighted by atomic mass is 16.2. The number of amides is 1. The SMILES string of the molecule is CCCCCCCCC(CCN)C(=O)N(C)C. The molecule has 0 aromatic rings. The van der Waals surface area contributed by atoms with Crippen molar-refractivity contribution in [3.05, 3.63) is 0 Å². The van der Waals surface area contributed by atoms with Gasteiger partial charge in [-0.25, -0.2) is 0 Å². The van der Waals surface area contributed by atoms with Crippen molar-refractivity contribution in [1.82, 2.24) is 4.90 Å². The van der Waals surface area contributed by atoms with Crippen molar-refractivity contribution < 1.29 is 4.79 Å². The third-order valence-corrected chi connectivity index (χ3v) is 3.21. The Balaban J connectivity index is 3.74. The number of rotatable bonds is 10. The average molecular weight is 242 g/mol. The Morgan fingerprint density at radius 2 is 1.65 bits per heavy atom. The van der Waals surface area contributed by atoms with Gasteiger partial charge in [-0.3, -0.25) is 4.79 Å². The van der Waals surface area contributed by atoms with Crippen molar-refractivity contribution in [2.45, 2.75) is 58.3 Å². The van der Waals surface area contributed by atoms with Crippen molar-refractivity contribution >= 4 is 5.91 Å². The van der Waals surface area contributed by atoms with E-state index in [0.29, 0.717) is 6.54 Å². The van der Waals surface area contributed by atoms with Crippen molar-refractivity contribution in [3.8, 4) is 0 Å². The van der Waals surface area contributed by atoms with E-state index >= 15 is 0 Å². The van der Waals surface area contributed by atoms with Crippen molar-refractivity contribution in [2.24, 2.45) is 11.7 Å². The number of hydrogen-bond donors (Lipinski definition) is 1. The van der Waals surface area contributed by atoms with E-state index in [2.05, 4.69) is 6.92 Å². The maximum Gasteiger partial charge on any atom is 0.225 e. The molecule has 3 nitrogen and oxygen atoms in total. The molecule has 0 aromatic heterocycles. The van der Waals surface area contributed by atoms with E-state index in [1.54, 1.807) is 4.90 Å². The highest BCUT2D eigenvalue weighted by molar-refractivity contribution is 5.78. The molecule has 0 aromatic carbocycles. The Kier molecular flexibility index (Phi) is 10.2. The summed E-state index contributed by atoms with van der Waals surface area (Å²) in [4.78, 5) is 13.6. The quantitative estimate of drug-likeness (QED) is 0.599. The number of nitrogens with zero attached hydrogens (tertiary/aromatic N) is 1. The molecular weight excluding hydrogens is 212 g/mol. The number of carbonyl (C=O) groups excluding carboxylic acids is 1.